The van der Waals surface area contributed by atoms with Crippen LogP contribution in [0, 0.1) is 12.8 Å². The maximum Gasteiger partial charge on any atom is 0.336 e. The smallest absolute Gasteiger partial charge is 0.336 e. The normalized spacial score (nSPS) is 10.1. The molecule has 0 heterocycles. The van der Waals surface area contributed by atoms with Gasteiger partial charge in [0.1, 0.15) is 0 Å². The van der Waals surface area contributed by atoms with E-state index in [0.29, 0.717) is 11.3 Å². The Bertz CT molecular complexity index is 527. The van der Waals surface area contributed by atoms with Gasteiger partial charge < -0.3 is 15.7 Å². The van der Waals surface area contributed by atoms with Crippen molar-refractivity contribution in [3.05, 3.63) is 29.3 Å². The van der Waals surface area contributed by atoms with E-state index in [0.717, 1.165) is 0 Å². The number of thiocarbonyl (C=S) groups is 1. The number of carbonyl (C=O) groups excluding carboxylic acids is 1. The average molecular weight is 280 g/mol. The van der Waals surface area contributed by atoms with Crippen LogP contribution in [0.3, 0.4) is 0 Å². The van der Waals surface area contributed by atoms with Crippen LogP contribution in [0.1, 0.15) is 29.8 Å². The Labute approximate surface area is 117 Å². The van der Waals surface area contributed by atoms with Gasteiger partial charge in [0.25, 0.3) is 0 Å². The molecule has 0 fully saturated rings. The second-order valence-electron chi connectivity index (χ2n) is 4.38. The molecule has 0 aromatic heterocycles. The van der Waals surface area contributed by atoms with Crippen molar-refractivity contribution in [2.24, 2.45) is 5.92 Å². The predicted octanol–water partition coefficient (Wildman–Crippen LogP) is 2.16. The molecule has 102 valence electrons. The molecule has 1 aromatic rings. The van der Waals surface area contributed by atoms with Crippen LogP contribution in [0.15, 0.2) is 18.2 Å². The number of hydrogen-bond acceptors (Lipinski definition) is 3. The second kappa shape index (κ2) is 6.29. The van der Waals surface area contributed by atoms with Crippen LogP contribution in [-0.4, -0.2) is 22.1 Å². The van der Waals surface area contributed by atoms with Gasteiger partial charge in [-0.2, -0.15) is 0 Å². The van der Waals surface area contributed by atoms with Crippen molar-refractivity contribution in [1.29, 1.82) is 0 Å². The number of benzene rings is 1. The molecular formula is C13H16N2O3S. The Morgan fingerprint density at radius 2 is 1.95 bits per heavy atom. The summed E-state index contributed by atoms with van der Waals surface area (Å²) in [5, 5.41) is 14.5. The minimum Gasteiger partial charge on any atom is -0.478 e. The molecule has 0 bridgehead atoms. The summed E-state index contributed by atoms with van der Waals surface area (Å²) in [6.45, 7) is 5.20. The van der Waals surface area contributed by atoms with Gasteiger partial charge in [-0.15, -0.1) is 0 Å². The molecule has 0 aliphatic carbocycles. The number of carboxylic acids is 1. The van der Waals surface area contributed by atoms with Crippen molar-refractivity contribution >= 4 is 34.9 Å². The van der Waals surface area contributed by atoms with Gasteiger partial charge in [0.2, 0.25) is 5.91 Å². The summed E-state index contributed by atoms with van der Waals surface area (Å²) >= 11 is 5.01. The largest absolute Gasteiger partial charge is 0.478 e. The summed E-state index contributed by atoms with van der Waals surface area (Å²) in [5.74, 6) is -1.37. The van der Waals surface area contributed by atoms with Crippen molar-refractivity contribution < 1.29 is 14.7 Å². The number of hydrogen-bond donors (Lipinski definition) is 3. The van der Waals surface area contributed by atoms with Crippen molar-refractivity contribution in [2.45, 2.75) is 20.8 Å². The lowest BCUT2D eigenvalue weighted by Crippen LogP contribution is -2.36. The zero-order valence-electron chi connectivity index (χ0n) is 11.0. The van der Waals surface area contributed by atoms with Gasteiger partial charge in [-0.25, -0.2) is 4.79 Å². The van der Waals surface area contributed by atoms with E-state index in [2.05, 4.69) is 10.6 Å². The molecule has 1 aromatic carbocycles. The zero-order chi connectivity index (χ0) is 14.6. The van der Waals surface area contributed by atoms with E-state index < -0.39 is 5.97 Å². The molecule has 1 rings (SSSR count). The Morgan fingerprint density at radius 3 is 2.47 bits per heavy atom. The van der Waals surface area contributed by atoms with Gasteiger partial charge in [-0.3, -0.25) is 4.79 Å². The van der Waals surface area contributed by atoms with Crippen LogP contribution in [0.2, 0.25) is 0 Å². The first-order valence-electron chi connectivity index (χ1n) is 5.77. The molecule has 6 heteroatoms. The summed E-state index contributed by atoms with van der Waals surface area (Å²) in [6.07, 6.45) is 0. The highest BCUT2D eigenvalue weighted by molar-refractivity contribution is 7.80. The molecule has 0 saturated heterocycles. The Kier molecular flexibility index (Phi) is 5.00. The summed E-state index contributed by atoms with van der Waals surface area (Å²) in [6, 6.07) is 4.83. The van der Waals surface area contributed by atoms with Gasteiger partial charge in [0.15, 0.2) is 5.11 Å². The Balaban J connectivity index is 2.83. The van der Waals surface area contributed by atoms with Gasteiger partial charge in [-0.05, 0) is 36.8 Å². The fourth-order valence-electron chi connectivity index (χ4n) is 1.41. The molecule has 3 N–H and O–H groups in total. The van der Waals surface area contributed by atoms with E-state index in [9.17, 15) is 9.59 Å². The number of rotatable bonds is 3. The van der Waals surface area contributed by atoms with Gasteiger partial charge in [0.05, 0.1) is 5.56 Å². The Morgan fingerprint density at radius 1 is 1.32 bits per heavy atom. The number of carboxylic acid groups (broad SMARTS) is 1. The third kappa shape index (κ3) is 4.03. The number of nitrogens with one attached hydrogen (secondary N) is 2. The highest BCUT2D eigenvalue weighted by Crippen LogP contribution is 2.18. The summed E-state index contributed by atoms with van der Waals surface area (Å²) < 4.78 is 0. The fourth-order valence-corrected chi connectivity index (χ4v) is 1.62. The first-order chi connectivity index (χ1) is 8.82. The molecule has 0 aliphatic rings. The number of aromatic carboxylic acids is 1. The third-order valence-corrected chi connectivity index (χ3v) is 2.78. The van der Waals surface area contributed by atoms with Crippen LogP contribution < -0.4 is 10.6 Å². The van der Waals surface area contributed by atoms with Gasteiger partial charge >= 0.3 is 5.97 Å². The molecule has 5 nitrogen and oxygen atoms in total. The van der Waals surface area contributed by atoms with E-state index in [-0.39, 0.29) is 22.5 Å². The van der Waals surface area contributed by atoms with Crippen LogP contribution in [0.4, 0.5) is 5.69 Å². The van der Waals surface area contributed by atoms with Crippen LogP contribution in [0.25, 0.3) is 0 Å². The summed E-state index contributed by atoms with van der Waals surface area (Å²) in [5.41, 5.74) is 1.33. The average Bonchev–Trinajstić information content (AvgIpc) is 2.31. The molecule has 0 radical (unpaired) electrons. The SMILES string of the molecule is Cc1c(NC(=S)NC(=O)C(C)C)cccc1C(=O)O. The van der Waals surface area contributed by atoms with Crippen LogP contribution >= 0.6 is 12.2 Å². The third-order valence-electron chi connectivity index (χ3n) is 2.57. The maximum absolute atomic E-state index is 11.5. The predicted molar refractivity (Wildman–Crippen MR) is 77.3 cm³/mol. The van der Waals surface area contributed by atoms with Gasteiger partial charge in [0, 0.05) is 11.6 Å². The van der Waals surface area contributed by atoms with Crippen molar-refractivity contribution in [3.63, 3.8) is 0 Å². The van der Waals surface area contributed by atoms with Crippen molar-refractivity contribution in [3.8, 4) is 0 Å². The van der Waals surface area contributed by atoms with E-state index in [1.807, 2.05) is 0 Å². The highest BCUT2D eigenvalue weighted by atomic mass is 32.1. The molecule has 1 amide bonds. The monoisotopic (exact) mass is 280 g/mol. The Hall–Kier alpha value is -1.95. The number of carbonyl (C=O) groups is 2. The minimum absolute atomic E-state index is 0.157. The number of anilines is 1. The molecule has 19 heavy (non-hydrogen) atoms. The van der Waals surface area contributed by atoms with E-state index in [4.69, 9.17) is 17.3 Å². The van der Waals surface area contributed by atoms with Crippen LogP contribution in [-0.2, 0) is 4.79 Å². The lowest BCUT2D eigenvalue weighted by atomic mass is 10.1. The summed E-state index contributed by atoms with van der Waals surface area (Å²) in [7, 11) is 0. The number of amides is 1. The zero-order valence-corrected chi connectivity index (χ0v) is 11.8. The lowest BCUT2D eigenvalue weighted by Gasteiger charge is -2.14. The molecule has 0 atom stereocenters. The maximum atomic E-state index is 11.5. The molecule has 0 spiro atoms. The van der Waals surface area contributed by atoms with Crippen molar-refractivity contribution in [1.82, 2.24) is 5.32 Å². The molecule has 0 unspecified atom stereocenters. The lowest BCUT2D eigenvalue weighted by molar-refractivity contribution is -0.122. The highest BCUT2D eigenvalue weighted by Gasteiger charge is 2.12. The van der Waals surface area contributed by atoms with E-state index in [1.165, 1.54) is 6.07 Å². The molecular weight excluding hydrogens is 264 g/mol. The quantitative estimate of drug-likeness (QED) is 0.740. The first-order valence-corrected chi connectivity index (χ1v) is 6.18. The van der Waals surface area contributed by atoms with Gasteiger partial charge in [-0.1, -0.05) is 19.9 Å². The molecule has 0 aliphatic heterocycles. The minimum atomic E-state index is -1.00. The fraction of sp³-hybridized carbons (Fsp3) is 0.308. The summed E-state index contributed by atoms with van der Waals surface area (Å²) in [4.78, 5) is 22.5. The van der Waals surface area contributed by atoms with E-state index in [1.54, 1.807) is 32.9 Å². The standard InChI is InChI=1S/C13H16N2O3S/c1-7(2)11(16)15-13(19)14-10-6-4-5-9(8(10)3)12(17)18/h4-7H,1-3H3,(H,17,18)(H2,14,15,16,19). The molecule has 0 saturated carbocycles. The van der Waals surface area contributed by atoms with Crippen molar-refractivity contribution in [2.75, 3.05) is 5.32 Å². The van der Waals surface area contributed by atoms with Crippen LogP contribution in [0.5, 0.6) is 0 Å². The second-order valence-corrected chi connectivity index (χ2v) is 4.79. The van der Waals surface area contributed by atoms with E-state index >= 15 is 0 Å². The topological polar surface area (TPSA) is 78.4 Å². The first kappa shape index (κ1) is 15.1.